The molecule has 0 fully saturated rings. The summed E-state index contributed by atoms with van der Waals surface area (Å²) in [7, 11) is 0. The third-order valence-corrected chi connectivity index (χ3v) is 3.78. The summed E-state index contributed by atoms with van der Waals surface area (Å²) < 4.78 is 7.25. The van der Waals surface area contributed by atoms with Crippen LogP contribution in [0.5, 0.6) is 0 Å². The third-order valence-electron chi connectivity index (χ3n) is 3.78. The molecule has 6 heteroatoms. The Labute approximate surface area is 147 Å². The van der Waals surface area contributed by atoms with Crippen LogP contribution in [-0.2, 0) is 4.74 Å². The first kappa shape index (κ1) is 17.1. The zero-order chi connectivity index (χ0) is 18.2. The summed E-state index contributed by atoms with van der Waals surface area (Å²) in [4.78, 5) is 15.2. The molecule has 25 heavy (non-hydrogen) atoms. The number of hydrogen-bond acceptors (Lipinski definition) is 3. The standard InChI is InChI=1S/C19H24N4O2/c1-12(2)23-11-14(9-21-23)13-6-7-16-15(8-13)17(10-20-16)22-18(24)25-19(3,4)5/h6-12,20H,1-5H3,(H,22,24). The molecular formula is C19H24N4O2. The van der Waals surface area contributed by atoms with Crippen molar-refractivity contribution in [2.75, 3.05) is 5.32 Å². The maximum Gasteiger partial charge on any atom is 0.412 e. The number of hydrogen-bond donors (Lipinski definition) is 2. The second kappa shape index (κ2) is 6.27. The number of amides is 1. The van der Waals surface area contributed by atoms with Gasteiger partial charge >= 0.3 is 6.09 Å². The van der Waals surface area contributed by atoms with E-state index in [0.717, 1.165) is 22.0 Å². The van der Waals surface area contributed by atoms with E-state index in [0.29, 0.717) is 11.7 Å². The highest BCUT2D eigenvalue weighted by Gasteiger charge is 2.17. The number of carbonyl (C=O) groups is 1. The summed E-state index contributed by atoms with van der Waals surface area (Å²) in [5.41, 5.74) is 3.20. The SMILES string of the molecule is CC(C)n1cc(-c2ccc3[nH]cc(NC(=O)OC(C)(C)C)c3c2)cn1. The van der Waals surface area contributed by atoms with Crippen LogP contribution in [-0.4, -0.2) is 26.5 Å². The van der Waals surface area contributed by atoms with Gasteiger partial charge in [0.05, 0.1) is 11.9 Å². The molecule has 0 saturated heterocycles. The minimum absolute atomic E-state index is 0.314. The Bertz CT molecular complexity index is 900. The molecule has 0 aliphatic rings. The van der Waals surface area contributed by atoms with Crippen molar-refractivity contribution in [3.63, 3.8) is 0 Å². The minimum atomic E-state index is -0.535. The summed E-state index contributed by atoms with van der Waals surface area (Å²) in [6.45, 7) is 9.70. The highest BCUT2D eigenvalue weighted by molar-refractivity contribution is 6.01. The molecule has 1 amide bonds. The Morgan fingerprint density at radius 2 is 2.04 bits per heavy atom. The number of ether oxygens (including phenoxy) is 1. The average molecular weight is 340 g/mol. The number of benzene rings is 1. The third kappa shape index (κ3) is 3.84. The first-order valence-electron chi connectivity index (χ1n) is 8.38. The summed E-state index contributed by atoms with van der Waals surface area (Å²) in [6, 6.07) is 6.39. The molecule has 1 aromatic carbocycles. The van der Waals surface area contributed by atoms with Crippen molar-refractivity contribution in [1.29, 1.82) is 0 Å². The van der Waals surface area contributed by atoms with Gasteiger partial charge in [0, 0.05) is 34.9 Å². The van der Waals surface area contributed by atoms with Gasteiger partial charge in [0.1, 0.15) is 5.60 Å². The van der Waals surface area contributed by atoms with Crippen molar-refractivity contribution in [2.45, 2.75) is 46.3 Å². The van der Waals surface area contributed by atoms with Gasteiger partial charge in [-0.2, -0.15) is 5.10 Å². The largest absolute Gasteiger partial charge is 0.444 e. The minimum Gasteiger partial charge on any atom is -0.444 e. The van der Waals surface area contributed by atoms with Gasteiger partial charge in [0.15, 0.2) is 0 Å². The second-order valence-corrected chi connectivity index (χ2v) is 7.39. The van der Waals surface area contributed by atoms with E-state index in [4.69, 9.17) is 4.74 Å². The predicted octanol–water partition coefficient (Wildman–Crippen LogP) is 4.96. The lowest BCUT2D eigenvalue weighted by atomic mass is 10.1. The van der Waals surface area contributed by atoms with Crippen molar-refractivity contribution in [1.82, 2.24) is 14.8 Å². The summed E-state index contributed by atoms with van der Waals surface area (Å²) >= 11 is 0. The molecule has 0 radical (unpaired) electrons. The zero-order valence-electron chi connectivity index (χ0n) is 15.3. The van der Waals surface area contributed by atoms with Crippen molar-refractivity contribution < 1.29 is 9.53 Å². The molecule has 3 rings (SSSR count). The normalized spacial score (nSPS) is 11.9. The van der Waals surface area contributed by atoms with Crippen LogP contribution in [0.15, 0.2) is 36.8 Å². The first-order valence-corrected chi connectivity index (χ1v) is 8.38. The van der Waals surface area contributed by atoms with Gasteiger partial charge in [0.25, 0.3) is 0 Å². The number of fused-ring (bicyclic) bond motifs is 1. The highest BCUT2D eigenvalue weighted by atomic mass is 16.6. The molecule has 0 aliphatic carbocycles. The molecule has 3 aromatic rings. The van der Waals surface area contributed by atoms with Crippen LogP contribution in [0.1, 0.15) is 40.7 Å². The number of carbonyl (C=O) groups excluding carboxylic acids is 1. The number of nitrogens with one attached hydrogen (secondary N) is 2. The Hall–Kier alpha value is -2.76. The number of H-pyrrole nitrogens is 1. The molecule has 6 nitrogen and oxygen atoms in total. The predicted molar refractivity (Wildman–Crippen MR) is 99.8 cm³/mol. The fraction of sp³-hybridized carbons (Fsp3) is 0.368. The quantitative estimate of drug-likeness (QED) is 0.708. The first-order chi connectivity index (χ1) is 11.7. The molecule has 2 aromatic heterocycles. The molecule has 0 atom stereocenters. The van der Waals surface area contributed by atoms with Gasteiger partial charge in [-0.25, -0.2) is 4.79 Å². The average Bonchev–Trinajstić information content (AvgIpc) is 3.12. The van der Waals surface area contributed by atoms with E-state index >= 15 is 0 Å². The van der Waals surface area contributed by atoms with E-state index in [-0.39, 0.29) is 0 Å². The van der Waals surface area contributed by atoms with Gasteiger partial charge in [0.2, 0.25) is 0 Å². The number of rotatable bonds is 3. The molecule has 0 unspecified atom stereocenters. The van der Waals surface area contributed by atoms with Gasteiger partial charge < -0.3 is 9.72 Å². The second-order valence-electron chi connectivity index (χ2n) is 7.39. The lowest BCUT2D eigenvalue weighted by molar-refractivity contribution is 0.0636. The topological polar surface area (TPSA) is 71.9 Å². The van der Waals surface area contributed by atoms with E-state index in [9.17, 15) is 4.79 Å². The Morgan fingerprint density at radius 1 is 1.28 bits per heavy atom. The zero-order valence-corrected chi connectivity index (χ0v) is 15.3. The van der Waals surface area contributed by atoms with Crippen LogP contribution in [0.4, 0.5) is 10.5 Å². The summed E-state index contributed by atoms with van der Waals surface area (Å²) in [5, 5.41) is 8.13. The molecule has 132 valence electrons. The summed E-state index contributed by atoms with van der Waals surface area (Å²) in [5.74, 6) is 0. The molecule has 0 aliphatic heterocycles. The van der Waals surface area contributed by atoms with Gasteiger partial charge in [-0.1, -0.05) is 6.07 Å². The maximum absolute atomic E-state index is 12.0. The smallest absolute Gasteiger partial charge is 0.412 e. The molecule has 0 bridgehead atoms. The lowest BCUT2D eigenvalue weighted by Gasteiger charge is -2.19. The Morgan fingerprint density at radius 3 is 2.68 bits per heavy atom. The van der Waals surface area contributed by atoms with E-state index in [1.54, 1.807) is 6.20 Å². The van der Waals surface area contributed by atoms with Crippen LogP contribution >= 0.6 is 0 Å². The van der Waals surface area contributed by atoms with Crippen LogP contribution < -0.4 is 5.32 Å². The fourth-order valence-corrected chi connectivity index (χ4v) is 2.59. The van der Waals surface area contributed by atoms with Gasteiger partial charge in [-0.15, -0.1) is 0 Å². The van der Waals surface area contributed by atoms with E-state index in [1.165, 1.54) is 0 Å². The summed E-state index contributed by atoms with van der Waals surface area (Å²) in [6.07, 6.45) is 5.19. The molecule has 0 saturated carbocycles. The van der Waals surface area contributed by atoms with Crippen LogP contribution in [0, 0.1) is 0 Å². The maximum atomic E-state index is 12.0. The number of aromatic nitrogens is 3. The van der Waals surface area contributed by atoms with E-state index in [1.807, 2.05) is 56.0 Å². The van der Waals surface area contributed by atoms with E-state index < -0.39 is 11.7 Å². The number of nitrogens with zero attached hydrogens (tertiary/aromatic N) is 2. The number of aromatic amines is 1. The van der Waals surface area contributed by atoms with Gasteiger partial charge in [-0.3, -0.25) is 10.00 Å². The van der Waals surface area contributed by atoms with Crippen molar-refractivity contribution in [3.05, 3.63) is 36.8 Å². The van der Waals surface area contributed by atoms with Crippen LogP contribution in [0.25, 0.3) is 22.0 Å². The van der Waals surface area contributed by atoms with Crippen LogP contribution in [0.2, 0.25) is 0 Å². The highest BCUT2D eigenvalue weighted by Crippen LogP contribution is 2.29. The van der Waals surface area contributed by atoms with E-state index in [2.05, 4.69) is 29.2 Å². The molecule has 2 N–H and O–H groups in total. The fourth-order valence-electron chi connectivity index (χ4n) is 2.59. The van der Waals surface area contributed by atoms with Crippen molar-refractivity contribution in [3.8, 4) is 11.1 Å². The Balaban J connectivity index is 1.90. The molecule has 2 heterocycles. The number of anilines is 1. The lowest BCUT2D eigenvalue weighted by Crippen LogP contribution is -2.27. The molecule has 0 spiro atoms. The van der Waals surface area contributed by atoms with Gasteiger partial charge in [-0.05, 0) is 52.3 Å². The molecular weight excluding hydrogens is 316 g/mol. The van der Waals surface area contributed by atoms with Crippen molar-refractivity contribution >= 4 is 22.7 Å². The van der Waals surface area contributed by atoms with Crippen LogP contribution in [0.3, 0.4) is 0 Å². The Kier molecular flexibility index (Phi) is 4.29. The monoisotopic (exact) mass is 340 g/mol. The van der Waals surface area contributed by atoms with Crippen molar-refractivity contribution in [2.24, 2.45) is 0 Å².